The minimum Gasteiger partial charge on any atom is -0.496 e. The molecule has 138 valence electrons. The Morgan fingerprint density at radius 2 is 1.89 bits per heavy atom. The van der Waals surface area contributed by atoms with Gasteiger partial charge in [-0.15, -0.1) is 0 Å². The van der Waals surface area contributed by atoms with Crippen molar-refractivity contribution in [2.24, 2.45) is 0 Å². The topological polar surface area (TPSA) is 59.5 Å². The average Bonchev–Trinajstić information content (AvgIpc) is 2.75. The molecule has 0 bridgehead atoms. The second-order valence-electron chi connectivity index (χ2n) is 6.25. The Morgan fingerprint density at radius 1 is 1.04 bits per heavy atom. The summed E-state index contributed by atoms with van der Waals surface area (Å²) in [5.41, 5.74) is 4.24. The number of para-hydroxylation sites is 1. The zero-order valence-corrected chi connectivity index (χ0v) is 15.3. The lowest BCUT2D eigenvalue weighted by molar-refractivity contribution is 0.122. The van der Waals surface area contributed by atoms with Gasteiger partial charge in [-0.3, -0.25) is 0 Å². The molecular weight excluding hydrogens is 340 g/mol. The average molecular weight is 362 g/mol. The minimum atomic E-state index is 0.750. The van der Waals surface area contributed by atoms with Crippen LogP contribution in [0, 0.1) is 0 Å². The van der Waals surface area contributed by atoms with Crippen LogP contribution in [0.2, 0.25) is 0 Å². The van der Waals surface area contributed by atoms with Gasteiger partial charge < -0.3 is 19.7 Å². The summed E-state index contributed by atoms with van der Waals surface area (Å²) in [5.74, 6) is 1.59. The highest BCUT2D eigenvalue weighted by Gasteiger charge is 2.16. The Kier molecular flexibility index (Phi) is 5.16. The molecule has 2 heterocycles. The number of anilines is 3. The van der Waals surface area contributed by atoms with Crippen LogP contribution in [-0.4, -0.2) is 43.4 Å². The Hall–Kier alpha value is -3.12. The first kappa shape index (κ1) is 17.3. The van der Waals surface area contributed by atoms with Crippen molar-refractivity contribution in [1.82, 2.24) is 9.97 Å². The fourth-order valence-electron chi connectivity index (χ4n) is 3.25. The maximum absolute atomic E-state index is 5.60. The summed E-state index contributed by atoms with van der Waals surface area (Å²) in [5, 5.41) is 3.40. The van der Waals surface area contributed by atoms with E-state index in [0.717, 1.165) is 54.7 Å². The van der Waals surface area contributed by atoms with Gasteiger partial charge in [-0.1, -0.05) is 18.2 Å². The van der Waals surface area contributed by atoms with Gasteiger partial charge in [-0.05, 0) is 30.3 Å². The Morgan fingerprint density at radius 3 is 2.67 bits per heavy atom. The van der Waals surface area contributed by atoms with Crippen LogP contribution < -0.4 is 15.0 Å². The fourth-order valence-corrected chi connectivity index (χ4v) is 3.25. The number of rotatable bonds is 5. The minimum absolute atomic E-state index is 0.750. The first-order valence-corrected chi connectivity index (χ1v) is 8.98. The van der Waals surface area contributed by atoms with Crippen molar-refractivity contribution in [3.8, 4) is 16.9 Å². The summed E-state index contributed by atoms with van der Waals surface area (Å²) in [7, 11) is 1.70. The molecule has 1 N–H and O–H groups in total. The maximum Gasteiger partial charge on any atom is 0.133 e. The van der Waals surface area contributed by atoms with E-state index in [1.807, 2.05) is 24.3 Å². The number of hydrogen-bond donors (Lipinski definition) is 1. The molecule has 6 nitrogen and oxygen atoms in total. The molecule has 1 aliphatic rings. The van der Waals surface area contributed by atoms with Gasteiger partial charge in [0.2, 0.25) is 0 Å². The van der Waals surface area contributed by atoms with Crippen LogP contribution in [0.1, 0.15) is 0 Å². The summed E-state index contributed by atoms with van der Waals surface area (Å²) >= 11 is 0. The number of ether oxygens (including phenoxy) is 2. The van der Waals surface area contributed by atoms with E-state index in [1.165, 1.54) is 12.0 Å². The van der Waals surface area contributed by atoms with E-state index in [9.17, 15) is 0 Å². The second kappa shape index (κ2) is 8.05. The summed E-state index contributed by atoms with van der Waals surface area (Å²) in [6, 6.07) is 16.3. The molecule has 1 aromatic heterocycles. The molecule has 0 saturated carbocycles. The monoisotopic (exact) mass is 362 g/mol. The SMILES string of the molecule is COc1ccccc1-c1cc(N2CCOCC2)ccc1Nc1ccncn1. The molecular formula is C21H22N4O2. The lowest BCUT2D eigenvalue weighted by Crippen LogP contribution is -2.36. The number of nitrogens with zero attached hydrogens (tertiary/aromatic N) is 3. The van der Waals surface area contributed by atoms with Crippen molar-refractivity contribution in [3.63, 3.8) is 0 Å². The molecule has 27 heavy (non-hydrogen) atoms. The molecule has 1 saturated heterocycles. The molecule has 0 unspecified atom stereocenters. The highest BCUT2D eigenvalue weighted by molar-refractivity contribution is 5.86. The van der Waals surface area contributed by atoms with Gasteiger partial charge >= 0.3 is 0 Å². The number of methoxy groups -OCH3 is 1. The van der Waals surface area contributed by atoms with E-state index in [2.05, 4.69) is 44.5 Å². The van der Waals surface area contributed by atoms with Gasteiger partial charge in [0.1, 0.15) is 17.9 Å². The number of benzene rings is 2. The quantitative estimate of drug-likeness (QED) is 0.746. The molecule has 2 aromatic carbocycles. The van der Waals surface area contributed by atoms with Crippen LogP contribution in [0.3, 0.4) is 0 Å². The smallest absolute Gasteiger partial charge is 0.133 e. The van der Waals surface area contributed by atoms with Gasteiger partial charge in [-0.2, -0.15) is 0 Å². The lowest BCUT2D eigenvalue weighted by Gasteiger charge is -2.29. The number of hydrogen-bond acceptors (Lipinski definition) is 6. The van der Waals surface area contributed by atoms with Crippen LogP contribution in [0.4, 0.5) is 17.2 Å². The first-order valence-electron chi connectivity index (χ1n) is 8.98. The maximum atomic E-state index is 5.60. The Bertz CT molecular complexity index is 896. The van der Waals surface area contributed by atoms with Crippen molar-refractivity contribution in [2.45, 2.75) is 0 Å². The van der Waals surface area contributed by atoms with Gasteiger partial charge in [0.05, 0.1) is 20.3 Å². The molecule has 1 aliphatic heterocycles. The highest BCUT2D eigenvalue weighted by Crippen LogP contribution is 2.38. The molecule has 0 radical (unpaired) electrons. The lowest BCUT2D eigenvalue weighted by atomic mass is 10.0. The highest BCUT2D eigenvalue weighted by atomic mass is 16.5. The van der Waals surface area contributed by atoms with Crippen LogP contribution in [0.5, 0.6) is 5.75 Å². The zero-order valence-electron chi connectivity index (χ0n) is 15.3. The zero-order chi connectivity index (χ0) is 18.5. The molecule has 0 aliphatic carbocycles. The Labute approximate surface area is 158 Å². The summed E-state index contributed by atoms with van der Waals surface area (Å²) < 4.78 is 11.1. The third-order valence-electron chi connectivity index (χ3n) is 4.62. The van der Waals surface area contributed by atoms with Crippen molar-refractivity contribution in [1.29, 1.82) is 0 Å². The summed E-state index contributed by atoms with van der Waals surface area (Å²) in [6.45, 7) is 3.30. The van der Waals surface area contributed by atoms with Crippen molar-refractivity contribution >= 4 is 17.2 Å². The normalized spacial score (nSPS) is 14.0. The van der Waals surface area contributed by atoms with E-state index in [0.29, 0.717) is 0 Å². The second-order valence-corrected chi connectivity index (χ2v) is 6.25. The molecule has 0 atom stereocenters. The van der Waals surface area contributed by atoms with Gasteiger partial charge in [0.25, 0.3) is 0 Å². The third-order valence-corrected chi connectivity index (χ3v) is 4.62. The van der Waals surface area contributed by atoms with E-state index >= 15 is 0 Å². The molecule has 6 heteroatoms. The predicted octanol–water partition coefficient (Wildman–Crippen LogP) is 3.73. The fraction of sp³-hybridized carbons (Fsp3) is 0.238. The number of nitrogens with one attached hydrogen (secondary N) is 1. The van der Waals surface area contributed by atoms with Gasteiger partial charge in [0, 0.05) is 41.8 Å². The van der Waals surface area contributed by atoms with Crippen LogP contribution >= 0.6 is 0 Å². The molecule has 4 rings (SSSR count). The standard InChI is InChI=1S/C21H22N4O2/c1-26-20-5-3-2-4-17(20)18-14-16(25-10-12-27-13-11-25)6-7-19(18)24-21-8-9-22-15-23-21/h2-9,14-15H,10-13H2,1H3,(H,22,23,24). The van der Waals surface area contributed by atoms with E-state index in [1.54, 1.807) is 13.3 Å². The van der Waals surface area contributed by atoms with Gasteiger partial charge in [0.15, 0.2) is 0 Å². The predicted molar refractivity (Wildman–Crippen MR) is 107 cm³/mol. The Balaban J connectivity index is 1.78. The molecule has 3 aromatic rings. The molecule has 0 amide bonds. The van der Waals surface area contributed by atoms with Crippen LogP contribution in [0.15, 0.2) is 61.1 Å². The van der Waals surface area contributed by atoms with Crippen LogP contribution in [-0.2, 0) is 4.74 Å². The van der Waals surface area contributed by atoms with Crippen molar-refractivity contribution in [2.75, 3.05) is 43.6 Å². The van der Waals surface area contributed by atoms with E-state index in [-0.39, 0.29) is 0 Å². The summed E-state index contributed by atoms with van der Waals surface area (Å²) in [6.07, 6.45) is 3.26. The largest absolute Gasteiger partial charge is 0.496 e. The van der Waals surface area contributed by atoms with Crippen molar-refractivity contribution < 1.29 is 9.47 Å². The molecule has 0 spiro atoms. The summed E-state index contributed by atoms with van der Waals surface area (Å²) in [4.78, 5) is 10.6. The van der Waals surface area contributed by atoms with E-state index < -0.39 is 0 Å². The van der Waals surface area contributed by atoms with E-state index in [4.69, 9.17) is 9.47 Å². The third kappa shape index (κ3) is 3.85. The van der Waals surface area contributed by atoms with Gasteiger partial charge in [-0.25, -0.2) is 9.97 Å². The van der Waals surface area contributed by atoms with Crippen LogP contribution in [0.25, 0.3) is 11.1 Å². The molecule has 1 fully saturated rings. The van der Waals surface area contributed by atoms with Crippen molar-refractivity contribution in [3.05, 3.63) is 61.1 Å². The first-order chi connectivity index (χ1) is 13.3. The number of morpholine rings is 1. The number of aromatic nitrogens is 2.